The van der Waals surface area contributed by atoms with E-state index in [1.807, 2.05) is 36.4 Å². The van der Waals surface area contributed by atoms with Gasteiger partial charge in [0.1, 0.15) is 5.82 Å². The summed E-state index contributed by atoms with van der Waals surface area (Å²) < 4.78 is 13.0. The molecule has 0 bridgehead atoms. The molecule has 3 nitrogen and oxygen atoms in total. The Morgan fingerprint density at radius 1 is 1.21 bits per heavy atom. The van der Waals surface area contributed by atoms with Gasteiger partial charge in [-0.1, -0.05) is 41.9 Å². The summed E-state index contributed by atoms with van der Waals surface area (Å²) in [5.41, 5.74) is 2.21. The number of hydrogen-bond acceptors (Lipinski definition) is 3. The largest absolute Gasteiger partial charge is 0.355 e. The van der Waals surface area contributed by atoms with Crippen molar-refractivity contribution in [1.29, 1.82) is 0 Å². The van der Waals surface area contributed by atoms with Crippen molar-refractivity contribution in [3.63, 3.8) is 0 Å². The normalized spacial score (nSPS) is 17.4. The van der Waals surface area contributed by atoms with E-state index in [0.717, 1.165) is 60.1 Å². The van der Waals surface area contributed by atoms with Crippen molar-refractivity contribution in [2.45, 2.75) is 25.1 Å². The minimum atomic E-state index is -0.216. The highest BCUT2D eigenvalue weighted by molar-refractivity contribution is 7.98. The summed E-state index contributed by atoms with van der Waals surface area (Å²) in [5, 5.41) is 3.87. The number of nitrogens with one attached hydrogen (secondary N) is 1. The Hall–Kier alpha value is -1.56. The van der Waals surface area contributed by atoms with Gasteiger partial charge in [-0.2, -0.15) is 11.8 Å². The van der Waals surface area contributed by atoms with Crippen LogP contribution in [0.2, 0.25) is 5.02 Å². The lowest BCUT2D eigenvalue weighted by Crippen LogP contribution is -2.43. The van der Waals surface area contributed by atoms with Crippen molar-refractivity contribution in [1.82, 2.24) is 10.2 Å². The second-order valence-electron chi connectivity index (χ2n) is 7.14. The number of halogens is 2. The minimum Gasteiger partial charge on any atom is -0.355 e. The SMILES string of the molecule is O=C(NCCSCc1ccccc1Cl)[C@@H]1CCCN(Cc2ccc(F)cc2)C1. The molecule has 0 aliphatic carbocycles. The molecule has 1 heterocycles. The van der Waals surface area contributed by atoms with Crippen LogP contribution in [0.15, 0.2) is 48.5 Å². The second kappa shape index (κ2) is 10.8. The summed E-state index contributed by atoms with van der Waals surface area (Å²) in [4.78, 5) is 14.8. The van der Waals surface area contributed by atoms with Crippen molar-refractivity contribution >= 4 is 29.3 Å². The number of carbonyl (C=O) groups excluding carboxylic acids is 1. The number of likely N-dealkylation sites (tertiary alicyclic amines) is 1. The zero-order chi connectivity index (χ0) is 19.8. The van der Waals surface area contributed by atoms with Crippen molar-refractivity contribution in [2.24, 2.45) is 5.92 Å². The highest BCUT2D eigenvalue weighted by atomic mass is 35.5. The Morgan fingerprint density at radius 2 is 2.00 bits per heavy atom. The fraction of sp³-hybridized carbons (Fsp3) is 0.409. The average molecular weight is 421 g/mol. The Morgan fingerprint density at radius 3 is 2.79 bits per heavy atom. The van der Waals surface area contributed by atoms with Gasteiger partial charge in [0, 0.05) is 36.2 Å². The first-order valence-electron chi connectivity index (χ1n) is 9.67. The summed E-state index contributed by atoms with van der Waals surface area (Å²) in [7, 11) is 0. The van der Waals surface area contributed by atoms with E-state index in [1.54, 1.807) is 11.8 Å². The number of nitrogens with zero attached hydrogens (tertiary/aromatic N) is 1. The number of amides is 1. The van der Waals surface area contributed by atoms with Crippen LogP contribution in [0.5, 0.6) is 0 Å². The Bertz CT molecular complexity index is 771. The molecule has 1 aliphatic heterocycles. The van der Waals surface area contributed by atoms with Crippen molar-refractivity contribution < 1.29 is 9.18 Å². The standard InChI is InChI=1S/C22H26ClFN2OS/c23-21-6-2-1-4-19(21)16-28-13-11-25-22(27)18-5-3-12-26(15-18)14-17-7-9-20(24)10-8-17/h1-2,4,6-10,18H,3,5,11-16H2,(H,25,27)/t18-/m1/s1. The highest BCUT2D eigenvalue weighted by Crippen LogP contribution is 2.21. The van der Waals surface area contributed by atoms with Crippen molar-refractivity contribution in [2.75, 3.05) is 25.4 Å². The van der Waals surface area contributed by atoms with Crippen LogP contribution < -0.4 is 5.32 Å². The number of thioether (sulfide) groups is 1. The molecular weight excluding hydrogens is 395 g/mol. The maximum Gasteiger partial charge on any atom is 0.224 e. The molecule has 28 heavy (non-hydrogen) atoms. The number of hydrogen-bond donors (Lipinski definition) is 1. The van der Waals surface area contributed by atoms with E-state index in [1.165, 1.54) is 12.1 Å². The lowest BCUT2D eigenvalue weighted by molar-refractivity contribution is -0.126. The van der Waals surface area contributed by atoms with E-state index in [-0.39, 0.29) is 17.6 Å². The first kappa shape index (κ1) is 21.2. The van der Waals surface area contributed by atoms with Gasteiger partial charge in [0.25, 0.3) is 0 Å². The number of rotatable bonds is 8. The molecule has 1 aliphatic rings. The van der Waals surface area contributed by atoms with Gasteiger partial charge < -0.3 is 5.32 Å². The van der Waals surface area contributed by atoms with E-state index in [0.29, 0.717) is 6.54 Å². The van der Waals surface area contributed by atoms with Crippen LogP contribution in [0.4, 0.5) is 4.39 Å². The maximum atomic E-state index is 13.0. The summed E-state index contributed by atoms with van der Waals surface area (Å²) in [5.74, 6) is 1.67. The number of benzene rings is 2. The third-order valence-electron chi connectivity index (χ3n) is 4.96. The molecule has 3 rings (SSSR count). The number of piperidine rings is 1. The molecule has 0 saturated carbocycles. The van der Waals surface area contributed by atoms with E-state index in [2.05, 4.69) is 10.2 Å². The Kier molecular flexibility index (Phi) is 8.19. The molecule has 2 aromatic carbocycles. The zero-order valence-electron chi connectivity index (χ0n) is 15.9. The Balaban J connectivity index is 1.36. The molecule has 0 unspecified atom stereocenters. The summed E-state index contributed by atoms with van der Waals surface area (Å²) >= 11 is 7.93. The Labute approximate surface area is 175 Å². The van der Waals surface area contributed by atoms with Gasteiger partial charge >= 0.3 is 0 Å². The van der Waals surface area contributed by atoms with Crippen LogP contribution in [0, 0.1) is 11.7 Å². The van der Waals surface area contributed by atoms with Gasteiger partial charge in [-0.25, -0.2) is 4.39 Å². The molecule has 1 saturated heterocycles. The van der Waals surface area contributed by atoms with Crippen LogP contribution in [0.25, 0.3) is 0 Å². The lowest BCUT2D eigenvalue weighted by Gasteiger charge is -2.32. The molecule has 6 heteroatoms. The third-order valence-corrected chi connectivity index (χ3v) is 6.33. The van der Waals surface area contributed by atoms with Crippen LogP contribution in [-0.2, 0) is 17.1 Å². The molecule has 0 spiro atoms. The van der Waals surface area contributed by atoms with Gasteiger partial charge in [-0.15, -0.1) is 0 Å². The second-order valence-corrected chi connectivity index (χ2v) is 8.65. The van der Waals surface area contributed by atoms with Crippen LogP contribution in [0.3, 0.4) is 0 Å². The van der Waals surface area contributed by atoms with Crippen LogP contribution in [0.1, 0.15) is 24.0 Å². The van der Waals surface area contributed by atoms with Crippen molar-refractivity contribution in [3.05, 3.63) is 70.5 Å². The molecular formula is C22H26ClFN2OS. The first-order valence-corrected chi connectivity index (χ1v) is 11.2. The fourth-order valence-electron chi connectivity index (χ4n) is 3.45. The predicted octanol–water partition coefficient (Wildman–Crippen LogP) is 4.74. The number of carbonyl (C=O) groups is 1. The molecule has 1 fully saturated rings. The lowest BCUT2D eigenvalue weighted by atomic mass is 9.96. The summed E-state index contributed by atoms with van der Waals surface area (Å²) in [6.07, 6.45) is 1.94. The quantitative estimate of drug-likeness (QED) is 0.626. The molecule has 1 atom stereocenters. The molecule has 150 valence electrons. The summed E-state index contributed by atoms with van der Waals surface area (Å²) in [6.45, 7) is 3.17. The van der Waals surface area contributed by atoms with Crippen LogP contribution in [-0.4, -0.2) is 36.2 Å². The van der Waals surface area contributed by atoms with Gasteiger partial charge in [0.2, 0.25) is 5.91 Å². The zero-order valence-corrected chi connectivity index (χ0v) is 17.4. The minimum absolute atomic E-state index is 0.0303. The highest BCUT2D eigenvalue weighted by Gasteiger charge is 2.25. The first-order chi connectivity index (χ1) is 13.6. The van der Waals surface area contributed by atoms with E-state index < -0.39 is 0 Å². The van der Waals surface area contributed by atoms with E-state index in [9.17, 15) is 9.18 Å². The van der Waals surface area contributed by atoms with Crippen molar-refractivity contribution in [3.8, 4) is 0 Å². The van der Waals surface area contributed by atoms with Gasteiger partial charge in [0.15, 0.2) is 0 Å². The average Bonchev–Trinajstić information content (AvgIpc) is 2.71. The monoisotopic (exact) mass is 420 g/mol. The molecule has 0 radical (unpaired) electrons. The van der Waals surface area contributed by atoms with Gasteiger partial charge in [-0.05, 0) is 48.7 Å². The van der Waals surface area contributed by atoms with E-state index >= 15 is 0 Å². The van der Waals surface area contributed by atoms with Crippen LogP contribution >= 0.6 is 23.4 Å². The molecule has 2 aromatic rings. The third kappa shape index (κ3) is 6.50. The molecule has 1 N–H and O–H groups in total. The molecule has 1 amide bonds. The van der Waals surface area contributed by atoms with Gasteiger partial charge in [-0.3, -0.25) is 9.69 Å². The van der Waals surface area contributed by atoms with E-state index in [4.69, 9.17) is 11.6 Å². The molecule has 0 aromatic heterocycles. The summed E-state index contributed by atoms with van der Waals surface area (Å²) in [6, 6.07) is 14.5. The smallest absolute Gasteiger partial charge is 0.224 e. The maximum absolute atomic E-state index is 13.0. The predicted molar refractivity (Wildman–Crippen MR) is 115 cm³/mol. The fourth-order valence-corrected chi connectivity index (χ4v) is 4.59. The van der Waals surface area contributed by atoms with Gasteiger partial charge in [0.05, 0.1) is 5.92 Å². The topological polar surface area (TPSA) is 32.3 Å².